The highest BCUT2D eigenvalue weighted by molar-refractivity contribution is 9.10. The lowest BCUT2D eigenvalue weighted by atomic mass is 10.2. The summed E-state index contributed by atoms with van der Waals surface area (Å²) in [5.41, 5.74) is 0.494. The maximum Gasteiger partial charge on any atom is 0.410 e. The second kappa shape index (κ2) is 4.82. The van der Waals surface area contributed by atoms with Gasteiger partial charge in [-0.15, -0.1) is 0 Å². The summed E-state index contributed by atoms with van der Waals surface area (Å²) in [5.74, 6) is -0.304. The monoisotopic (exact) mass is 287 g/mol. The quantitative estimate of drug-likeness (QED) is 0.837. The fraction of sp³-hybridized carbons (Fsp3) is 0.364. The predicted octanol–water partition coefficient (Wildman–Crippen LogP) is 2.93. The third kappa shape index (κ3) is 2.52. The van der Waals surface area contributed by atoms with Crippen LogP contribution < -0.4 is 0 Å². The summed E-state index contributed by atoms with van der Waals surface area (Å²) in [7, 11) is 0. The molecule has 86 valence electrons. The van der Waals surface area contributed by atoms with E-state index in [0.717, 1.165) is 10.9 Å². The number of carbonyl (C=O) groups is 1. The van der Waals surface area contributed by atoms with E-state index in [0.29, 0.717) is 18.7 Å². The minimum atomic E-state index is -0.370. The highest BCUT2D eigenvalue weighted by Crippen LogP contribution is 2.18. The fourth-order valence-corrected chi connectivity index (χ4v) is 2.02. The molecule has 0 saturated carbocycles. The van der Waals surface area contributed by atoms with Crippen molar-refractivity contribution in [2.75, 3.05) is 13.2 Å². The third-order valence-electron chi connectivity index (χ3n) is 2.43. The van der Waals surface area contributed by atoms with E-state index in [2.05, 4.69) is 15.9 Å². The Hall–Kier alpha value is -1.10. The molecule has 0 aromatic heterocycles. The first-order valence-electron chi connectivity index (χ1n) is 5.02. The maximum absolute atomic E-state index is 13.5. The fourth-order valence-electron chi connectivity index (χ4n) is 1.61. The summed E-state index contributed by atoms with van der Waals surface area (Å²) in [6, 6.07) is 4.69. The minimum absolute atomic E-state index is 0.254. The average Bonchev–Trinajstić information content (AvgIpc) is 2.27. The Morgan fingerprint density at radius 1 is 1.50 bits per heavy atom. The molecule has 16 heavy (non-hydrogen) atoms. The summed E-state index contributed by atoms with van der Waals surface area (Å²) < 4.78 is 19.1. The second-order valence-electron chi connectivity index (χ2n) is 3.63. The molecule has 0 radical (unpaired) electrons. The number of rotatable bonds is 2. The van der Waals surface area contributed by atoms with Gasteiger partial charge in [-0.3, -0.25) is 0 Å². The Labute approximate surface area is 101 Å². The van der Waals surface area contributed by atoms with Crippen LogP contribution in [-0.4, -0.2) is 24.1 Å². The Morgan fingerprint density at radius 3 is 3.06 bits per heavy atom. The first-order chi connectivity index (χ1) is 7.66. The molecule has 2 rings (SSSR count). The molecule has 5 heteroatoms. The lowest BCUT2D eigenvalue weighted by Gasteiger charge is -2.26. The Morgan fingerprint density at radius 2 is 2.31 bits per heavy atom. The number of hydrogen-bond donors (Lipinski definition) is 0. The van der Waals surface area contributed by atoms with Crippen LogP contribution in [0.1, 0.15) is 12.0 Å². The molecule has 0 bridgehead atoms. The highest BCUT2D eigenvalue weighted by atomic mass is 79.9. The number of ether oxygens (including phenoxy) is 1. The van der Waals surface area contributed by atoms with E-state index in [4.69, 9.17) is 4.74 Å². The Kier molecular flexibility index (Phi) is 3.43. The lowest BCUT2D eigenvalue weighted by molar-refractivity contribution is 0.0696. The number of amides is 1. The van der Waals surface area contributed by atoms with Crippen molar-refractivity contribution in [3.63, 3.8) is 0 Å². The summed E-state index contributed by atoms with van der Waals surface area (Å²) in [6.45, 7) is 1.32. The van der Waals surface area contributed by atoms with Crippen molar-refractivity contribution >= 4 is 22.0 Å². The van der Waals surface area contributed by atoms with Gasteiger partial charge in [0.25, 0.3) is 0 Å². The van der Waals surface area contributed by atoms with Crippen LogP contribution in [0.4, 0.5) is 9.18 Å². The van der Waals surface area contributed by atoms with Crippen molar-refractivity contribution < 1.29 is 13.9 Å². The number of cyclic esters (lactones) is 1. The number of halogens is 2. The molecule has 1 aromatic rings. The molecule has 1 aromatic carbocycles. The van der Waals surface area contributed by atoms with Gasteiger partial charge in [0.15, 0.2) is 0 Å². The van der Waals surface area contributed by atoms with Crippen molar-refractivity contribution in [3.05, 3.63) is 34.1 Å². The van der Waals surface area contributed by atoms with Gasteiger partial charge < -0.3 is 9.64 Å². The molecule has 0 atom stereocenters. The normalized spacial score (nSPS) is 16.1. The number of carbonyl (C=O) groups excluding carboxylic acids is 1. The molecular formula is C11H11BrFNO2. The summed E-state index contributed by atoms with van der Waals surface area (Å²) >= 11 is 3.27. The Balaban J connectivity index is 2.13. The average molecular weight is 288 g/mol. The van der Waals surface area contributed by atoms with Gasteiger partial charge >= 0.3 is 6.09 Å². The highest BCUT2D eigenvalue weighted by Gasteiger charge is 2.20. The van der Waals surface area contributed by atoms with Gasteiger partial charge in [-0.05, 0) is 24.6 Å². The summed E-state index contributed by atoms with van der Waals surface area (Å²) in [4.78, 5) is 12.9. The zero-order valence-electron chi connectivity index (χ0n) is 8.58. The van der Waals surface area contributed by atoms with E-state index in [-0.39, 0.29) is 18.5 Å². The summed E-state index contributed by atoms with van der Waals surface area (Å²) in [6.07, 6.45) is 0.423. The third-order valence-corrected chi connectivity index (χ3v) is 2.92. The van der Waals surface area contributed by atoms with Crippen LogP contribution >= 0.6 is 15.9 Å². The van der Waals surface area contributed by atoms with E-state index in [1.807, 2.05) is 0 Å². The van der Waals surface area contributed by atoms with Gasteiger partial charge in [0.05, 0.1) is 13.2 Å². The molecule has 0 unspecified atom stereocenters. The molecule has 1 fully saturated rings. The van der Waals surface area contributed by atoms with Gasteiger partial charge in [-0.25, -0.2) is 9.18 Å². The minimum Gasteiger partial charge on any atom is -0.449 e. The van der Waals surface area contributed by atoms with Crippen LogP contribution in [0.3, 0.4) is 0 Å². The van der Waals surface area contributed by atoms with Crippen LogP contribution in [0.25, 0.3) is 0 Å². The zero-order valence-corrected chi connectivity index (χ0v) is 10.2. The smallest absolute Gasteiger partial charge is 0.410 e. The molecule has 0 N–H and O–H groups in total. The largest absolute Gasteiger partial charge is 0.449 e. The molecule has 0 spiro atoms. The van der Waals surface area contributed by atoms with Crippen LogP contribution in [0.5, 0.6) is 0 Å². The molecule has 3 nitrogen and oxygen atoms in total. The van der Waals surface area contributed by atoms with E-state index in [1.54, 1.807) is 12.1 Å². The topological polar surface area (TPSA) is 29.5 Å². The van der Waals surface area contributed by atoms with Crippen LogP contribution in [0.15, 0.2) is 22.7 Å². The van der Waals surface area contributed by atoms with Crippen molar-refractivity contribution in [1.82, 2.24) is 4.90 Å². The van der Waals surface area contributed by atoms with E-state index >= 15 is 0 Å². The van der Waals surface area contributed by atoms with Crippen LogP contribution in [0.2, 0.25) is 0 Å². The van der Waals surface area contributed by atoms with Gasteiger partial charge in [0.1, 0.15) is 5.82 Å². The number of nitrogens with zero attached hydrogens (tertiary/aromatic N) is 1. The molecule has 1 aliphatic heterocycles. The van der Waals surface area contributed by atoms with Crippen molar-refractivity contribution in [3.8, 4) is 0 Å². The van der Waals surface area contributed by atoms with E-state index < -0.39 is 0 Å². The maximum atomic E-state index is 13.5. The first-order valence-corrected chi connectivity index (χ1v) is 5.82. The van der Waals surface area contributed by atoms with Crippen molar-refractivity contribution in [1.29, 1.82) is 0 Å². The predicted molar refractivity (Wildman–Crippen MR) is 60.5 cm³/mol. The Bertz CT molecular complexity index is 411. The van der Waals surface area contributed by atoms with E-state index in [1.165, 1.54) is 11.0 Å². The molecule has 1 heterocycles. The lowest BCUT2D eigenvalue weighted by Crippen LogP contribution is -2.37. The van der Waals surface area contributed by atoms with E-state index in [9.17, 15) is 9.18 Å². The van der Waals surface area contributed by atoms with Crippen LogP contribution in [0, 0.1) is 5.82 Å². The van der Waals surface area contributed by atoms with Gasteiger partial charge in [0.2, 0.25) is 0 Å². The molecule has 0 aliphatic carbocycles. The SMILES string of the molecule is O=C1OCCCN1Cc1cc(Br)ccc1F. The first kappa shape index (κ1) is 11.4. The second-order valence-corrected chi connectivity index (χ2v) is 4.54. The van der Waals surface area contributed by atoms with Gasteiger partial charge in [-0.2, -0.15) is 0 Å². The number of hydrogen-bond acceptors (Lipinski definition) is 2. The standard InChI is InChI=1S/C11H11BrFNO2/c12-9-2-3-10(13)8(6-9)7-14-4-1-5-16-11(14)15/h2-3,6H,1,4-5,7H2. The molecular weight excluding hydrogens is 277 g/mol. The van der Waals surface area contributed by atoms with Crippen molar-refractivity contribution in [2.24, 2.45) is 0 Å². The van der Waals surface area contributed by atoms with Crippen molar-refractivity contribution in [2.45, 2.75) is 13.0 Å². The van der Waals surface area contributed by atoms with Gasteiger partial charge in [-0.1, -0.05) is 15.9 Å². The van der Waals surface area contributed by atoms with Crippen LogP contribution in [-0.2, 0) is 11.3 Å². The number of benzene rings is 1. The van der Waals surface area contributed by atoms with Gasteiger partial charge in [0, 0.05) is 16.6 Å². The molecule has 1 amide bonds. The molecule has 1 saturated heterocycles. The molecule has 1 aliphatic rings. The summed E-state index contributed by atoms with van der Waals surface area (Å²) in [5, 5.41) is 0. The zero-order chi connectivity index (χ0) is 11.5.